The van der Waals surface area contributed by atoms with Crippen LogP contribution >= 0.6 is 0 Å². The second-order valence-electron chi connectivity index (χ2n) is 6.67. The van der Waals surface area contributed by atoms with Crippen LogP contribution in [0.3, 0.4) is 0 Å². The first-order valence-corrected chi connectivity index (χ1v) is 9.32. The second-order valence-corrected chi connectivity index (χ2v) is 6.67. The maximum atomic E-state index is 12.3. The van der Waals surface area contributed by atoms with Gasteiger partial charge in [-0.2, -0.15) is 5.10 Å². The number of hydrogen-bond acceptors (Lipinski definition) is 4. The summed E-state index contributed by atoms with van der Waals surface area (Å²) in [7, 11) is 1.62. The van der Waals surface area contributed by atoms with Gasteiger partial charge in [0.05, 0.1) is 12.8 Å². The molecule has 5 nitrogen and oxygen atoms in total. The van der Waals surface area contributed by atoms with Crippen LogP contribution in [-0.4, -0.2) is 18.7 Å². The Hall–Kier alpha value is -3.60. The fraction of sp³-hybridized carbons (Fsp3) is 0.167. The molecular formula is C24H24N2O3. The van der Waals surface area contributed by atoms with Gasteiger partial charge >= 0.3 is 0 Å². The Balaban J connectivity index is 1.55. The molecular weight excluding hydrogens is 364 g/mol. The maximum absolute atomic E-state index is 12.3. The first kappa shape index (κ1) is 20.1. The molecule has 0 saturated heterocycles. The summed E-state index contributed by atoms with van der Waals surface area (Å²) in [6.45, 7) is 4.37. The van der Waals surface area contributed by atoms with E-state index in [1.807, 2.05) is 43.3 Å². The van der Waals surface area contributed by atoms with E-state index in [-0.39, 0.29) is 5.91 Å². The van der Waals surface area contributed by atoms with Gasteiger partial charge in [0.2, 0.25) is 0 Å². The molecule has 0 aliphatic heterocycles. The zero-order valence-electron chi connectivity index (χ0n) is 16.8. The smallest absolute Gasteiger partial charge is 0.271 e. The predicted molar refractivity (Wildman–Crippen MR) is 115 cm³/mol. The standard InChI is InChI=1S/C24H24N2O3/c1-17-4-6-19(7-5-17)16-29-23-14-10-21(11-15-23)24(27)26-25-18(2)20-8-12-22(28-3)13-9-20/h4-15H,16H2,1-3H3,(H,26,27). The van der Waals surface area contributed by atoms with Crippen molar-refractivity contribution in [3.05, 3.63) is 95.1 Å². The van der Waals surface area contributed by atoms with Crippen LogP contribution in [0.2, 0.25) is 0 Å². The number of hydrogen-bond donors (Lipinski definition) is 1. The van der Waals surface area contributed by atoms with Gasteiger partial charge < -0.3 is 9.47 Å². The predicted octanol–water partition coefficient (Wildman–Crippen LogP) is 4.74. The lowest BCUT2D eigenvalue weighted by atomic mass is 10.1. The van der Waals surface area contributed by atoms with Crippen LogP contribution in [0.5, 0.6) is 11.5 Å². The molecule has 1 amide bonds. The monoisotopic (exact) mass is 388 g/mol. The van der Waals surface area contributed by atoms with Gasteiger partial charge in [-0.15, -0.1) is 0 Å². The molecule has 0 aromatic heterocycles. The number of carbonyl (C=O) groups excluding carboxylic acids is 1. The summed E-state index contributed by atoms with van der Waals surface area (Å²) in [6, 6.07) is 22.7. The molecule has 0 aliphatic carbocycles. The maximum Gasteiger partial charge on any atom is 0.271 e. The average Bonchev–Trinajstić information content (AvgIpc) is 2.77. The van der Waals surface area contributed by atoms with Crippen molar-refractivity contribution in [2.24, 2.45) is 5.10 Å². The summed E-state index contributed by atoms with van der Waals surface area (Å²) in [5, 5.41) is 4.18. The number of hydrazone groups is 1. The Bertz CT molecular complexity index is 976. The van der Waals surface area contributed by atoms with Crippen molar-refractivity contribution in [2.75, 3.05) is 7.11 Å². The molecule has 29 heavy (non-hydrogen) atoms. The quantitative estimate of drug-likeness (QED) is 0.470. The van der Waals surface area contributed by atoms with Crippen LogP contribution < -0.4 is 14.9 Å². The van der Waals surface area contributed by atoms with Crippen molar-refractivity contribution in [2.45, 2.75) is 20.5 Å². The van der Waals surface area contributed by atoms with Crippen LogP contribution in [-0.2, 0) is 6.61 Å². The Morgan fingerprint density at radius 3 is 2.07 bits per heavy atom. The Labute approximate surface area is 171 Å². The zero-order valence-corrected chi connectivity index (χ0v) is 16.8. The molecule has 0 aliphatic rings. The molecule has 1 N–H and O–H groups in total. The number of carbonyl (C=O) groups is 1. The highest BCUT2D eigenvalue weighted by Crippen LogP contribution is 2.15. The number of nitrogens with one attached hydrogen (secondary N) is 1. The van der Waals surface area contributed by atoms with Gasteiger partial charge in [-0.25, -0.2) is 5.43 Å². The van der Waals surface area contributed by atoms with Gasteiger partial charge in [0.1, 0.15) is 18.1 Å². The van der Waals surface area contributed by atoms with Crippen molar-refractivity contribution in [3.8, 4) is 11.5 Å². The minimum Gasteiger partial charge on any atom is -0.497 e. The zero-order chi connectivity index (χ0) is 20.6. The van der Waals surface area contributed by atoms with Gasteiger partial charge in [-0.1, -0.05) is 29.8 Å². The molecule has 148 valence electrons. The van der Waals surface area contributed by atoms with E-state index in [4.69, 9.17) is 9.47 Å². The molecule has 0 unspecified atom stereocenters. The highest BCUT2D eigenvalue weighted by molar-refractivity contribution is 6.00. The summed E-state index contributed by atoms with van der Waals surface area (Å²) >= 11 is 0. The fourth-order valence-corrected chi connectivity index (χ4v) is 2.65. The number of nitrogens with zero attached hydrogens (tertiary/aromatic N) is 1. The summed E-state index contributed by atoms with van der Waals surface area (Å²) in [5.41, 5.74) is 7.03. The van der Waals surface area contributed by atoms with E-state index in [1.165, 1.54) is 5.56 Å². The Morgan fingerprint density at radius 2 is 1.45 bits per heavy atom. The molecule has 3 aromatic rings. The topological polar surface area (TPSA) is 59.9 Å². The van der Waals surface area contributed by atoms with E-state index >= 15 is 0 Å². The van der Waals surface area contributed by atoms with E-state index in [2.05, 4.69) is 29.6 Å². The van der Waals surface area contributed by atoms with Gasteiger partial charge in [0.15, 0.2) is 0 Å². The van der Waals surface area contributed by atoms with Crippen molar-refractivity contribution >= 4 is 11.6 Å². The minimum absolute atomic E-state index is 0.275. The second kappa shape index (κ2) is 9.55. The molecule has 3 rings (SSSR count). The molecule has 0 fully saturated rings. The van der Waals surface area contributed by atoms with Crippen molar-refractivity contribution in [1.29, 1.82) is 0 Å². The van der Waals surface area contributed by atoms with Crippen molar-refractivity contribution in [1.82, 2.24) is 5.43 Å². The number of ether oxygens (including phenoxy) is 2. The first-order valence-electron chi connectivity index (χ1n) is 9.32. The van der Waals surface area contributed by atoms with E-state index in [0.717, 1.165) is 16.9 Å². The summed E-state index contributed by atoms with van der Waals surface area (Å²) in [4.78, 5) is 12.3. The van der Waals surface area contributed by atoms with Crippen LogP contribution in [0.25, 0.3) is 0 Å². The highest BCUT2D eigenvalue weighted by atomic mass is 16.5. The van der Waals surface area contributed by atoms with E-state index in [0.29, 0.717) is 23.6 Å². The number of aryl methyl sites for hydroxylation is 1. The van der Waals surface area contributed by atoms with E-state index in [9.17, 15) is 4.79 Å². The number of methoxy groups -OCH3 is 1. The normalized spacial score (nSPS) is 11.1. The van der Waals surface area contributed by atoms with E-state index < -0.39 is 0 Å². The van der Waals surface area contributed by atoms with Gasteiger partial charge in [0, 0.05) is 5.56 Å². The van der Waals surface area contributed by atoms with E-state index in [1.54, 1.807) is 31.4 Å². The highest BCUT2D eigenvalue weighted by Gasteiger charge is 2.06. The molecule has 5 heteroatoms. The fourth-order valence-electron chi connectivity index (χ4n) is 2.65. The van der Waals surface area contributed by atoms with Crippen LogP contribution in [0.1, 0.15) is 34.0 Å². The third-order valence-electron chi connectivity index (χ3n) is 4.48. The van der Waals surface area contributed by atoms with Crippen LogP contribution in [0.4, 0.5) is 0 Å². The summed E-state index contributed by atoms with van der Waals surface area (Å²) in [6.07, 6.45) is 0. The summed E-state index contributed by atoms with van der Waals surface area (Å²) in [5.74, 6) is 1.21. The molecule has 0 radical (unpaired) electrons. The molecule has 0 bridgehead atoms. The largest absolute Gasteiger partial charge is 0.497 e. The number of benzene rings is 3. The van der Waals surface area contributed by atoms with Gasteiger partial charge in [-0.3, -0.25) is 4.79 Å². The molecule has 0 spiro atoms. The Morgan fingerprint density at radius 1 is 0.862 bits per heavy atom. The lowest BCUT2D eigenvalue weighted by Crippen LogP contribution is -2.19. The third kappa shape index (κ3) is 5.69. The van der Waals surface area contributed by atoms with Gasteiger partial charge in [-0.05, 0) is 73.5 Å². The van der Waals surface area contributed by atoms with Crippen molar-refractivity contribution in [3.63, 3.8) is 0 Å². The van der Waals surface area contributed by atoms with Crippen LogP contribution in [0, 0.1) is 6.92 Å². The van der Waals surface area contributed by atoms with Crippen LogP contribution in [0.15, 0.2) is 77.9 Å². The lowest BCUT2D eigenvalue weighted by Gasteiger charge is -2.08. The molecule has 3 aromatic carbocycles. The number of rotatable bonds is 7. The summed E-state index contributed by atoms with van der Waals surface area (Å²) < 4.78 is 10.9. The third-order valence-corrected chi connectivity index (χ3v) is 4.48. The number of amides is 1. The Kier molecular flexibility index (Phi) is 6.63. The lowest BCUT2D eigenvalue weighted by molar-refractivity contribution is 0.0955. The first-order chi connectivity index (χ1) is 14.0. The molecule has 0 heterocycles. The van der Waals surface area contributed by atoms with Crippen molar-refractivity contribution < 1.29 is 14.3 Å². The minimum atomic E-state index is -0.275. The average molecular weight is 388 g/mol. The molecule has 0 saturated carbocycles. The van der Waals surface area contributed by atoms with Gasteiger partial charge in [0.25, 0.3) is 5.91 Å². The molecule has 0 atom stereocenters. The SMILES string of the molecule is COc1ccc(C(C)=NNC(=O)c2ccc(OCc3ccc(C)cc3)cc2)cc1.